The minimum absolute atomic E-state index is 0.0703. The molecule has 0 amide bonds. The Morgan fingerprint density at radius 2 is 2.04 bits per heavy atom. The maximum absolute atomic E-state index is 9.52. The molecule has 6 nitrogen and oxygen atoms in total. The molecule has 3 N–H and O–H groups in total. The van der Waals surface area contributed by atoms with Crippen molar-refractivity contribution in [3.05, 3.63) is 59.8 Å². The standard InChI is InChI=1S/C20H18N4O2/c1-13-5-6-18(23-12-13)19-10-16(17(11-21)20(22)24-19)14-3-2-4-15(9-14)26-8-7-25/h2-6,9-10,12,25H,7-8H2,1H3,(H2,22,24). The highest BCUT2D eigenvalue weighted by Gasteiger charge is 2.14. The van der Waals surface area contributed by atoms with E-state index in [0.29, 0.717) is 28.3 Å². The molecule has 0 spiro atoms. The Kier molecular flexibility index (Phi) is 5.11. The van der Waals surface area contributed by atoms with Crippen LogP contribution in [-0.4, -0.2) is 28.3 Å². The lowest BCUT2D eigenvalue weighted by Crippen LogP contribution is -2.02. The number of aliphatic hydroxyl groups is 1. The number of ether oxygens (including phenoxy) is 1. The number of hydrogen-bond acceptors (Lipinski definition) is 6. The molecule has 0 saturated carbocycles. The van der Waals surface area contributed by atoms with Crippen LogP contribution in [0.3, 0.4) is 0 Å². The van der Waals surface area contributed by atoms with Crippen molar-refractivity contribution in [2.24, 2.45) is 0 Å². The molecule has 0 fully saturated rings. The van der Waals surface area contributed by atoms with E-state index in [1.807, 2.05) is 31.2 Å². The fraction of sp³-hybridized carbons (Fsp3) is 0.150. The number of rotatable bonds is 5. The van der Waals surface area contributed by atoms with Gasteiger partial charge in [-0.25, -0.2) is 4.98 Å². The van der Waals surface area contributed by atoms with Crippen molar-refractivity contribution in [1.82, 2.24) is 9.97 Å². The third kappa shape index (κ3) is 3.63. The second kappa shape index (κ2) is 7.64. The van der Waals surface area contributed by atoms with E-state index >= 15 is 0 Å². The summed E-state index contributed by atoms with van der Waals surface area (Å²) in [6.07, 6.45) is 1.76. The van der Waals surface area contributed by atoms with Gasteiger partial charge in [-0.1, -0.05) is 18.2 Å². The molecule has 2 aromatic heterocycles. The van der Waals surface area contributed by atoms with E-state index in [1.165, 1.54) is 0 Å². The lowest BCUT2D eigenvalue weighted by Gasteiger charge is -2.11. The predicted molar refractivity (Wildman–Crippen MR) is 99.3 cm³/mol. The molecule has 6 heteroatoms. The molecular formula is C20H18N4O2. The van der Waals surface area contributed by atoms with Crippen LogP contribution < -0.4 is 10.5 Å². The zero-order chi connectivity index (χ0) is 18.5. The number of nitriles is 1. The average Bonchev–Trinajstić information content (AvgIpc) is 2.66. The van der Waals surface area contributed by atoms with Crippen molar-refractivity contribution < 1.29 is 9.84 Å². The average molecular weight is 346 g/mol. The van der Waals surface area contributed by atoms with Gasteiger partial charge in [0.15, 0.2) is 0 Å². The third-order valence-electron chi connectivity index (χ3n) is 3.84. The Balaban J connectivity index is 2.11. The number of nitrogen functional groups attached to an aromatic ring is 1. The van der Waals surface area contributed by atoms with Crippen molar-refractivity contribution in [3.63, 3.8) is 0 Å². The number of pyridine rings is 2. The molecule has 0 aliphatic rings. The Bertz CT molecular complexity index is 963. The number of aliphatic hydroxyl groups excluding tert-OH is 1. The first-order chi connectivity index (χ1) is 12.6. The molecule has 0 atom stereocenters. The molecule has 0 saturated heterocycles. The molecule has 1 aromatic carbocycles. The smallest absolute Gasteiger partial charge is 0.142 e. The predicted octanol–water partition coefficient (Wildman–Crippen LogP) is 2.94. The second-order valence-electron chi connectivity index (χ2n) is 5.75. The van der Waals surface area contributed by atoms with Crippen LogP contribution in [-0.2, 0) is 0 Å². The fourth-order valence-electron chi connectivity index (χ4n) is 2.58. The topological polar surface area (TPSA) is 105 Å². The summed E-state index contributed by atoms with van der Waals surface area (Å²) in [5, 5.41) is 18.4. The highest BCUT2D eigenvalue weighted by molar-refractivity contribution is 5.80. The first-order valence-corrected chi connectivity index (χ1v) is 8.10. The van der Waals surface area contributed by atoms with Gasteiger partial charge >= 0.3 is 0 Å². The maximum Gasteiger partial charge on any atom is 0.142 e. The SMILES string of the molecule is Cc1ccc(-c2cc(-c3cccc(OCCO)c3)c(C#N)c(N)n2)nc1. The molecule has 0 radical (unpaired) electrons. The van der Waals surface area contributed by atoms with Crippen molar-refractivity contribution in [1.29, 1.82) is 5.26 Å². The van der Waals surface area contributed by atoms with Gasteiger partial charge in [-0.2, -0.15) is 5.26 Å². The van der Waals surface area contributed by atoms with Gasteiger partial charge in [0.05, 0.1) is 18.0 Å². The van der Waals surface area contributed by atoms with Crippen LogP contribution in [0.1, 0.15) is 11.1 Å². The van der Waals surface area contributed by atoms with Crippen LogP contribution >= 0.6 is 0 Å². The van der Waals surface area contributed by atoms with Crippen molar-refractivity contribution >= 4 is 5.82 Å². The second-order valence-corrected chi connectivity index (χ2v) is 5.75. The summed E-state index contributed by atoms with van der Waals surface area (Å²) in [6.45, 7) is 2.09. The van der Waals surface area contributed by atoms with Crippen LogP contribution in [0.4, 0.5) is 5.82 Å². The van der Waals surface area contributed by atoms with Gasteiger partial charge in [0, 0.05) is 11.8 Å². The van der Waals surface area contributed by atoms with E-state index in [4.69, 9.17) is 15.6 Å². The van der Waals surface area contributed by atoms with Crippen LogP contribution in [0, 0.1) is 18.3 Å². The summed E-state index contributed by atoms with van der Waals surface area (Å²) >= 11 is 0. The Morgan fingerprint density at radius 3 is 2.73 bits per heavy atom. The summed E-state index contributed by atoms with van der Waals surface area (Å²) in [5.41, 5.74) is 10.1. The molecule has 0 aliphatic carbocycles. The summed E-state index contributed by atoms with van der Waals surface area (Å²) < 4.78 is 5.46. The van der Waals surface area contributed by atoms with Gasteiger partial charge in [0.2, 0.25) is 0 Å². The normalized spacial score (nSPS) is 10.3. The van der Waals surface area contributed by atoms with E-state index in [-0.39, 0.29) is 19.0 Å². The molecule has 3 rings (SSSR count). The van der Waals surface area contributed by atoms with Gasteiger partial charge in [-0.15, -0.1) is 0 Å². The van der Waals surface area contributed by atoms with Crippen LogP contribution in [0.2, 0.25) is 0 Å². The highest BCUT2D eigenvalue weighted by atomic mass is 16.5. The number of benzene rings is 1. The largest absolute Gasteiger partial charge is 0.491 e. The molecule has 130 valence electrons. The number of nitrogens with zero attached hydrogens (tertiary/aromatic N) is 3. The van der Waals surface area contributed by atoms with E-state index in [2.05, 4.69) is 16.0 Å². The van der Waals surface area contributed by atoms with Gasteiger partial charge in [0.25, 0.3) is 0 Å². The molecule has 0 bridgehead atoms. The Hall–Kier alpha value is -3.43. The minimum Gasteiger partial charge on any atom is -0.491 e. The van der Waals surface area contributed by atoms with Crippen LogP contribution in [0.25, 0.3) is 22.5 Å². The number of anilines is 1. The minimum atomic E-state index is -0.0703. The van der Waals surface area contributed by atoms with Crippen molar-refractivity contribution in [3.8, 4) is 34.3 Å². The summed E-state index contributed by atoms with van der Waals surface area (Å²) in [5.74, 6) is 0.759. The first kappa shape index (κ1) is 17.4. The van der Waals surface area contributed by atoms with Gasteiger partial charge < -0.3 is 15.6 Å². The summed E-state index contributed by atoms with van der Waals surface area (Å²) in [4.78, 5) is 8.72. The Morgan fingerprint density at radius 1 is 1.19 bits per heavy atom. The van der Waals surface area contributed by atoms with Gasteiger partial charge in [0.1, 0.15) is 29.8 Å². The fourth-order valence-corrected chi connectivity index (χ4v) is 2.58. The number of aryl methyl sites for hydroxylation is 1. The highest BCUT2D eigenvalue weighted by Crippen LogP contribution is 2.32. The summed E-state index contributed by atoms with van der Waals surface area (Å²) in [7, 11) is 0. The lowest BCUT2D eigenvalue weighted by molar-refractivity contribution is 0.201. The molecule has 0 unspecified atom stereocenters. The number of hydrogen-bond donors (Lipinski definition) is 2. The van der Waals surface area contributed by atoms with Crippen molar-refractivity contribution in [2.75, 3.05) is 18.9 Å². The molecule has 2 heterocycles. The monoisotopic (exact) mass is 346 g/mol. The molecule has 3 aromatic rings. The maximum atomic E-state index is 9.52. The molecule has 26 heavy (non-hydrogen) atoms. The molecular weight excluding hydrogens is 328 g/mol. The quantitative estimate of drug-likeness (QED) is 0.736. The van der Waals surface area contributed by atoms with Gasteiger partial charge in [-0.3, -0.25) is 4.98 Å². The van der Waals surface area contributed by atoms with E-state index < -0.39 is 0 Å². The number of nitrogens with two attached hydrogens (primary N) is 1. The van der Waals surface area contributed by atoms with Crippen molar-refractivity contribution in [2.45, 2.75) is 6.92 Å². The lowest BCUT2D eigenvalue weighted by atomic mass is 9.99. The number of aromatic nitrogens is 2. The van der Waals surface area contributed by atoms with E-state index in [0.717, 1.165) is 11.1 Å². The zero-order valence-electron chi connectivity index (χ0n) is 14.3. The van der Waals surface area contributed by atoms with Gasteiger partial charge in [-0.05, 0) is 42.3 Å². The van der Waals surface area contributed by atoms with Crippen LogP contribution in [0.15, 0.2) is 48.7 Å². The zero-order valence-corrected chi connectivity index (χ0v) is 14.3. The van der Waals surface area contributed by atoms with Crippen LogP contribution in [0.5, 0.6) is 5.75 Å². The third-order valence-corrected chi connectivity index (χ3v) is 3.84. The summed E-state index contributed by atoms with van der Waals surface area (Å²) in [6, 6.07) is 15.0. The molecule has 0 aliphatic heterocycles. The van der Waals surface area contributed by atoms with E-state index in [9.17, 15) is 5.26 Å². The Labute approximate surface area is 151 Å². The van der Waals surface area contributed by atoms with E-state index in [1.54, 1.807) is 24.4 Å². The first-order valence-electron chi connectivity index (χ1n) is 8.10.